The summed E-state index contributed by atoms with van der Waals surface area (Å²) < 4.78 is 0. The fourth-order valence-electron chi connectivity index (χ4n) is 3.83. The summed E-state index contributed by atoms with van der Waals surface area (Å²) in [5.41, 5.74) is 9.79. The zero-order valence-electron chi connectivity index (χ0n) is 15.3. The predicted molar refractivity (Wildman–Crippen MR) is 108 cm³/mol. The molecule has 2 atom stereocenters. The van der Waals surface area contributed by atoms with Gasteiger partial charge in [0.15, 0.2) is 0 Å². The van der Waals surface area contributed by atoms with Gasteiger partial charge in [-0.25, -0.2) is 0 Å². The molecule has 5 N–H and O–H groups in total. The van der Waals surface area contributed by atoms with E-state index in [0.717, 1.165) is 41.7 Å². The van der Waals surface area contributed by atoms with Crippen LogP contribution in [0.4, 0.5) is 11.4 Å². The first-order valence-electron chi connectivity index (χ1n) is 9.62. The smallest absolute Gasteiger partial charge is 0.0766 e. The molecule has 0 bridgehead atoms. The minimum atomic E-state index is 0.0691. The van der Waals surface area contributed by atoms with Gasteiger partial charge in [-0.05, 0) is 49.1 Å². The van der Waals surface area contributed by atoms with Gasteiger partial charge in [0, 0.05) is 18.6 Å². The predicted octanol–water partition coefficient (Wildman–Crippen LogP) is 4.34. The van der Waals surface area contributed by atoms with Gasteiger partial charge in [0.05, 0.1) is 22.4 Å². The Labute approximate surface area is 156 Å². The van der Waals surface area contributed by atoms with Gasteiger partial charge in [0.1, 0.15) is 0 Å². The summed E-state index contributed by atoms with van der Waals surface area (Å²) in [7, 11) is 0. The highest BCUT2D eigenvalue weighted by atomic mass is 35.5. The fraction of sp³-hybridized carbons (Fsp3) is 0.600. The van der Waals surface area contributed by atoms with E-state index in [-0.39, 0.29) is 12.1 Å². The topological polar surface area (TPSA) is 62.1 Å². The first kappa shape index (κ1) is 18.4. The quantitative estimate of drug-likeness (QED) is 0.582. The molecule has 0 radical (unpaired) electrons. The van der Waals surface area contributed by atoms with Crippen molar-refractivity contribution in [2.45, 2.75) is 64.1 Å². The zero-order valence-corrected chi connectivity index (χ0v) is 16.1. The normalized spacial score (nSPS) is 26.7. The van der Waals surface area contributed by atoms with E-state index in [9.17, 15) is 0 Å². The average molecular weight is 363 g/mol. The molecule has 0 spiro atoms. The third-order valence-electron chi connectivity index (χ3n) is 5.56. The molecule has 138 valence electrons. The Bertz CT molecular complexity index is 610. The maximum absolute atomic E-state index is 6.51. The van der Waals surface area contributed by atoms with Crippen LogP contribution in [0.25, 0.3) is 0 Å². The van der Waals surface area contributed by atoms with Crippen molar-refractivity contribution in [2.24, 2.45) is 11.7 Å². The lowest BCUT2D eigenvalue weighted by molar-refractivity contribution is 0.232. The summed E-state index contributed by atoms with van der Waals surface area (Å²) in [4.78, 5) is 0. The lowest BCUT2D eigenvalue weighted by Crippen LogP contribution is -2.44. The van der Waals surface area contributed by atoms with E-state index in [2.05, 4.69) is 42.1 Å². The van der Waals surface area contributed by atoms with Crippen molar-refractivity contribution in [2.75, 3.05) is 17.2 Å². The van der Waals surface area contributed by atoms with Gasteiger partial charge in [-0.3, -0.25) is 0 Å². The maximum Gasteiger partial charge on any atom is 0.0766 e. The standard InChI is InChI=1S/C20H31ClN4/c1-3-6-17(22)15(11-23-14-9-13(4-2)10-14)19-12-24-20-16(21)7-5-8-18(20)25-19/h5,7-8,11,13-14,17,19,23-25H,3-4,6,9-10,12,22H2,1-2H3/b15-11+. The highest BCUT2D eigenvalue weighted by Crippen LogP contribution is 2.35. The van der Waals surface area contributed by atoms with Crippen molar-refractivity contribution in [3.8, 4) is 0 Å². The van der Waals surface area contributed by atoms with Crippen LogP contribution in [0.2, 0.25) is 5.02 Å². The second kappa shape index (κ2) is 8.33. The van der Waals surface area contributed by atoms with Crippen LogP contribution in [0.3, 0.4) is 0 Å². The number of fused-ring (bicyclic) bond motifs is 1. The molecule has 1 saturated carbocycles. The first-order chi connectivity index (χ1) is 12.1. The van der Waals surface area contributed by atoms with Gasteiger partial charge < -0.3 is 21.7 Å². The number of para-hydroxylation sites is 1. The zero-order chi connectivity index (χ0) is 17.8. The molecule has 0 saturated heterocycles. The Morgan fingerprint density at radius 3 is 2.92 bits per heavy atom. The maximum atomic E-state index is 6.51. The number of rotatable bonds is 7. The number of nitrogens with one attached hydrogen (secondary N) is 3. The molecule has 25 heavy (non-hydrogen) atoms. The average Bonchev–Trinajstić information content (AvgIpc) is 2.57. The van der Waals surface area contributed by atoms with Crippen molar-refractivity contribution in [1.29, 1.82) is 0 Å². The largest absolute Gasteiger partial charge is 0.388 e. The van der Waals surface area contributed by atoms with Gasteiger partial charge in [-0.2, -0.15) is 0 Å². The van der Waals surface area contributed by atoms with Gasteiger partial charge in [-0.1, -0.05) is 44.4 Å². The van der Waals surface area contributed by atoms with Crippen LogP contribution in [0.15, 0.2) is 30.0 Å². The van der Waals surface area contributed by atoms with Crippen molar-refractivity contribution in [3.63, 3.8) is 0 Å². The van der Waals surface area contributed by atoms with E-state index >= 15 is 0 Å². The van der Waals surface area contributed by atoms with Crippen LogP contribution in [0.1, 0.15) is 46.0 Å². The Balaban J connectivity index is 1.71. The molecule has 2 aliphatic rings. The van der Waals surface area contributed by atoms with Crippen molar-refractivity contribution >= 4 is 23.0 Å². The van der Waals surface area contributed by atoms with E-state index in [1.54, 1.807) is 0 Å². The SMILES string of the molecule is CCCC(N)/C(=C\NC1CC(CC)C1)C1CNc2c(Cl)cccc2N1. The highest BCUT2D eigenvalue weighted by molar-refractivity contribution is 6.34. The second-order valence-electron chi connectivity index (χ2n) is 7.39. The van der Waals surface area contributed by atoms with E-state index in [1.807, 2.05) is 12.1 Å². The van der Waals surface area contributed by atoms with Crippen LogP contribution in [-0.4, -0.2) is 24.7 Å². The molecule has 0 amide bonds. The van der Waals surface area contributed by atoms with E-state index in [1.165, 1.54) is 24.8 Å². The Morgan fingerprint density at radius 2 is 2.20 bits per heavy atom. The van der Waals surface area contributed by atoms with Crippen LogP contribution in [0.5, 0.6) is 0 Å². The van der Waals surface area contributed by atoms with Crippen molar-refractivity contribution in [3.05, 3.63) is 35.0 Å². The van der Waals surface area contributed by atoms with E-state index in [4.69, 9.17) is 17.3 Å². The minimum absolute atomic E-state index is 0.0691. The summed E-state index contributed by atoms with van der Waals surface area (Å²) in [6.07, 6.45) is 8.11. The number of hydrogen-bond donors (Lipinski definition) is 4. The Kier molecular flexibility index (Phi) is 6.13. The monoisotopic (exact) mass is 362 g/mol. The third-order valence-corrected chi connectivity index (χ3v) is 5.87. The summed E-state index contributed by atoms with van der Waals surface area (Å²) in [5, 5.41) is 11.5. The van der Waals surface area contributed by atoms with Gasteiger partial charge in [0.25, 0.3) is 0 Å². The number of hydrogen-bond acceptors (Lipinski definition) is 4. The second-order valence-corrected chi connectivity index (χ2v) is 7.80. The van der Waals surface area contributed by atoms with Crippen LogP contribution in [0, 0.1) is 5.92 Å². The molecule has 1 aromatic rings. The van der Waals surface area contributed by atoms with E-state index < -0.39 is 0 Å². The fourth-order valence-corrected chi connectivity index (χ4v) is 4.07. The van der Waals surface area contributed by atoms with E-state index in [0.29, 0.717) is 6.04 Å². The number of halogens is 1. The molecule has 1 aliphatic carbocycles. The first-order valence-corrected chi connectivity index (χ1v) is 10.0. The highest BCUT2D eigenvalue weighted by Gasteiger charge is 2.28. The summed E-state index contributed by atoms with van der Waals surface area (Å²) in [6, 6.07) is 6.81. The lowest BCUT2D eigenvalue weighted by Gasteiger charge is -2.37. The molecule has 0 aromatic heterocycles. The number of anilines is 2. The summed E-state index contributed by atoms with van der Waals surface area (Å²) in [6.45, 7) is 5.26. The minimum Gasteiger partial charge on any atom is -0.388 e. The molecular weight excluding hydrogens is 332 g/mol. The molecule has 2 unspecified atom stereocenters. The Morgan fingerprint density at radius 1 is 1.40 bits per heavy atom. The molecule has 1 aliphatic heterocycles. The molecule has 5 heteroatoms. The summed E-state index contributed by atoms with van der Waals surface area (Å²) >= 11 is 6.28. The van der Waals surface area contributed by atoms with Crippen LogP contribution < -0.4 is 21.7 Å². The van der Waals surface area contributed by atoms with Gasteiger partial charge in [-0.15, -0.1) is 0 Å². The molecular formula is C20H31ClN4. The van der Waals surface area contributed by atoms with Crippen LogP contribution >= 0.6 is 11.6 Å². The molecule has 1 heterocycles. The lowest BCUT2D eigenvalue weighted by atomic mass is 9.79. The number of nitrogens with two attached hydrogens (primary N) is 1. The van der Waals surface area contributed by atoms with Gasteiger partial charge >= 0.3 is 0 Å². The summed E-state index contributed by atoms with van der Waals surface area (Å²) in [5.74, 6) is 0.891. The molecule has 1 fully saturated rings. The van der Waals surface area contributed by atoms with Crippen molar-refractivity contribution < 1.29 is 0 Å². The van der Waals surface area contributed by atoms with Crippen LogP contribution in [-0.2, 0) is 0 Å². The van der Waals surface area contributed by atoms with Crippen molar-refractivity contribution in [1.82, 2.24) is 5.32 Å². The number of benzene rings is 1. The molecule has 4 nitrogen and oxygen atoms in total. The molecule has 3 rings (SSSR count). The Hall–Kier alpha value is -1.39. The van der Waals surface area contributed by atoms with Gasteiger partial charge in [0.2, 0.25) is 0 Å². The third kappa shape index (κ3) is 4.24. The molecule has 1 aromatic carbocycles.